The maximum Gasteiger partial charge on any atom is 0.144 e. The lowest BCUT2D eigenvalue weighted by Crippen LogP contribution is -2.09. The molecule has 1 aromatic carbocycles. The number of nitrogens with zero attached hydrogens (tertiary/aromatic N) is 2. The zero-order chi connectivity index (χ0) is 15.4. The lowest BCUT2D eigenvalue weighted by Gasteiger charge is -2.14. The molecule has 0 amide bonds. The van der Waals surface area contributed by atoms with Crippen molar-refractivity contribution in [3.05, 3.63) is 51.6 Å². The molecule has 1 heterocycles. The van der Waals surface area contributed by atoms with Gasteiger partial charge in [-0.3, -0.25) is 0 Å². The fourth-order valence-corrected chi connectivity index (χ4v) is 2.82. The normalized spacial score (nSPS) is 11.0. The molecular formula is C16H19BrFN3. The number of anilines is 1. The van der Waals surface area contributed by atoms with Gasteiger partial charge in [0, 0.05) is 13.0 Å². The van der Waals surface area contributed by atoms with Crippen molar-refractivity contribution < 1.29 is 4.39 Å². The zero-order valence-corrected chi connectivity index (χ0v) is 14.0. The second-order valence-corrected chi connectivity index (χ2v) is 5.97. The molecule has 0 saturated heterocycles. The average molecular weight is 352 g/mol. The van der Waals surface area contributed by atoms with Gasteiger partial charge in [-0.2, -0.15) is 0 Å². The van der Waals surface area contributed by atoms with E-state index in [0.717, 1.165) is 33.9 Å². The summed E-state index contributed by atoms with van der Waals surface area (Å²) in [4.78, 5) is 9.20. The van der Waals surface area contributed by atoms with Crippen molar-refractivity contribution in [2.45, 2.75) is 33.1 Å². The van der Waals surface area contributed by atoms with Crippen LogP contribution in [0.15, 0.2) is 28.7 Å². The third-order valence-electron chi connectivity index (χ3n) is 3.09. The van der Waals surface area contributed by atoms with E-state index >= 15 is 0 Å². The molecule has 0 radical (unpaired) electrons. The van der Waals surface area contributed by atoms with Gasteiger partial charge in [0.2, 0.25) is 0 Å². The molecule has 0 bridgehead atoms. The van der Waals surface area contributed by atoms with Crippen LogP contribution in [-0.4, -0.2) is 16.5 Å². The first-order valence-electron chi connectivity index (χ1n) is 7.05. The fourth-order valence-electron chi connectivity index (χ4n) is 2.04. The molecule has 0 saturated carbocycles. The van der Waals surface area contributed by atoms with Crippen molar-refractivity contribution in [2.75, 3.05) is 11.9 Å². The van der Waals surface area contributed by atoms with Crippen molar-refractivity contribution in [3.8, 4) is 0 Å². The van der Waals surface area contributed by atoms with Crippen LogP contribution in [-0.2, 0) is 6.42 Å². The lowest BCUT2D eigenvalue weighted by atomic mass is 10.1. The summed E-state index contributed by atoms with van der Waals surface area (Å²) >= 11 is 3.57. The lowest BCUT2D eigenvalue weighted by molar-refractivity contribution is 0.627. The summed E-state index contributed by atoms with van der Waals surface area (Å²) in [6.45, 7) is 7.03. The molecule has 1 aromatic heterocycles. The number of aromatic nitrogens is 2. The Labute approximate surface area is 133 Å². The Kier molecular flexibility index (Phi) is 5.28. The second-order valence-electron chi connectivity index (χ2n) is 5.18. The molecule has 1 N–H and O–H groups in total. The average Bonchev–Trinajstić information content (AvgIpc) is 2.44. The zero-order valence-electron chi connectivity index (χ0n) is 12.5. The van der Waals surface area contributed by atoms with Crippen molar-refractivity contribution in [3.63, 3.8) is 0 Å². The van der Waals surface area contributed by atoms with E-state index in [1.807, 2.05) is 6.92 Å². The molecule has 3 nitrogen and oxygen atoms in total. The van der Waals surface area contributed by atoms with E-state index in [1.165, 1.54) is 12.1 Å². The number of halogens is 2. The fraction of sp³-hybridized carbons (Fsp3) is 0.375. The molecule has 0 spiro atoms. The Morgan fingerprint density at radius 2 is 1.86 bits per heavy atom. The van der Waals surface area contributed by atoms with Crippen LogP contribution in [0.4, 0.5) is 10.2 Å². The van der Waals surface area contributed by atoms with Gasteiger partial charge in [0.1, 0.15) is 17.5 Å². The third kappa shape index (κ3) is 4.00. The van der Waals surface area contributed by atoms with Crippen LogP contribution in [0.3, 0.4) is 0 Å². The first kappa shape index (κ1) is 15.9. The largest absolute Gasteiger partial charge is 0.369 e. The van der Waals surface area contributed by atoms with Crippen molar-refractivity contribution >= 4 is 21.7 Å². The molecule has 0 aliphatic carbocycles. The Morgan fingerprint density at radius 3 is 2.43 bits per heavy atom. The highest BCUT2D eigenvalue weighted by Crippen LogP contribution is 2.29. The van der Waals surface area contributed by atoms with Crippen LogP contribution >= 0.6 is 15.9 Å². The highest BCUT2D eigenvalue weighted by atomic mass is 79.9. The number of hydrogen-bond donors (Lipinski definition) is 1. The van der Waals surface area contributed by atoms with E-state index < -0.39 is 0 Å². The van der Waals surface area contributed by atoms with Gasteiger partial charge in [0.15, 0.2) is 0 Å². The predicted molar refractivity (Wildman–Crippen MR) is 87.2 cm³/mol. The van der Waals surface area contributed by atoms with E-state index in [9.17, 15) is 4.39 Å². The highest BCUT2D eigenvalue weighted by molar-refractivity contribution is 9.10. The van der Waals surface area contributed by atoms with Gasteiger partial charge < -0.3 is 5.32 Å². The first-order valence-corrected chi connectivity index (χ1v) is 7.85. The van der Waals surface area contributed by atoms with Crippen molar-refractivity contribution in [1.82, 2.24) is 9.97 Å². The monoisotopic (exact) mass is 351 g/mol. The van der Waals surface area contributed by atoms with Crippen LogP contribution < -0.4 is 5.32 Å². The Hall–Kier alpha value is -1.49. The Balaban J connectivity index is 2.36. The molecule has 2 aromatic rings. The molecule has 0 fully saturated rings. The van der Waals surface area contributed by atoms with Crippen LogP contribution in [0.2, 0.25) is 0 Å². The molecule has 0 atom stereocenters. The van der Waals surface area contributed by atoms with Crippen LogP contribution in [0, 0.1) is 5.82 Å². The van der Waals surface area contributed by atoms with Gasteiger partial charge in [0.25, 0.3) is 0 Å². The summed E-state index contributed by atoms with van der Waals surface area (Å²) in [5.74, 6) is 1.62. The molecule has 0 aliphatic rings. The summed E-state index contributed by atoms with van der Waals surface area (Å²) in [6.07, 6.45) is 0.589. The molecule has 21 heavy (non-hydrogen) atoms. The minimum atomic E-state index is -0.230. The van der Waals surface area contributed by atoms with Gasteiger partial charge in [-0.05, 0) is 46.5 Å². The minimum Gasteiger partial charge on any atom is -0.369 e. The SMILES string of the molecule is CCNc1nc(Cc2ccc(F)cc2)nc(C(C)C)c1Br. The van der Waals surface area contributed by atoms with E-state index in [-0.39, 0.29) is 5.82 Å². The van der Waals surface area contributed by atoms with Crippen molar-refractivity contribution in [1.29, 1.82) is 0 Å². The number of benzene rings is 1. The van der Waals surface area contributed by atoms with Gasteiger partial charge in [-0.1, -0.05) is 26.0 Å². The number of rotatable bonds is 5. The molecule has 0 aliphatic heterocycles. The van der Waals surface area contributed by atoms with E-state index in [4.69, 9.17) is 0 Å². The maximum absolute atomic E-state index is 13.0. The predicted octanol–water partition coefficient (Wildman–Crippen LogP) is 4.52. The summed E-state index contributed by atoms with van der Waals surface area (Å²) in [7, 11) is 0. The summed E-state index contributed by atoms with van der Waals surface area (Å²) < 4.78 is 13.9. The molecule has 2 rings (SSSR count). The van der Waals surface area contributed by atoms with Crippen LogP contribution in [0.5, 0.6) is 0 Å². The number of hydrogen-bond acceptors (Lipinski definition) is 3. The van der Waals surface area contributed by atoms with E-state index in [0.29, 0.717) is 12.3 Å². The minimum absolute atomic E-state index is 0.230. The summed E-state index contributed by atoms with van der Waals surface area (Å²) in [5, 5.41) is 3.25. The highest BCUT2D eigenvalue weighted by Gasteiger charge is 2.14. The molecule has 5 heteroatoms. The summed E-state index contributed by atoms with van der Waals surface area (Å²) in [6, 6.07) is 6.46. The number of nitrogens with one attached hydrogen (secondary N) is 1. The maximum atomic E-state index is 13.0. The quantitative estimate of drug-likeness (QED) is 0.860. The van der Waals surface area contributed by atoms with E-state index in [1.54, 1.807) is 12.1 Å². The van der Waals surface area contributed by atoms with Crippen LogP contribution in [0.25, 0.3) is 0 Å². The van der Waals surface area contributed by atoms with Gasteiger partial charge in [0.05, 0.1) is 10.2 Å². The molecule has 112 valence electrons. The van der Waals surface area contributed by atoms with Gasteiger partial charge in [-0.15, -0.1) is 0 Å². The van der Waals surface area contributed by atoms with E-state index in [2.05, 4.69) is 45.1 Å². The Bertz CT molecular complexity index is 612. The first-order chi connectivity index (χ1) is 10.0. The smallest absolute Gasteiger partial charge is 0.144 e. The Morgan fingerprint density at radius 1 is 1.19 bits per heavy atom. The molecular weight excluding hydrogens is 333 g/mol. The van der Waals surface area contributed by atoms with Gasteiger partial charge in [-0.25, -0.2) is 14.4 Å². The van der Waals surface area contributed by atoms with Crippen LogP contribution in [0.1, 0.15) is 43.8 Å². The van der Waals surface area contributed by atoms with Crippen molar-refractivity contribution in [2.24, 2.45) is 0 Å². The molecule has 0 unspecified atom stereocenters. The topological polar surface area (TPSA) is 37.8 Å². The summed E-state index contributed by atoms with van der Waals surface area (Å²) in [5.41, 5.74) is 1.98. The second kappa shape index (κ2) is 6.98. The third-order valence-corrected chi connectivity index (χ3v) is 3.87. The van der Waals surface area contributed by atoms with Gasteiger partial charge >= 0.3 is 0 Å². The standard InChI is InChI=1S/C16H19BrFN3/c1-4-19-16-14(17)15(10(2)3)20-13(21-16)9-11-5-7-12(18)8-6-11/h5-8,10H,4,9H2,1-3H3,(H,19,20,21).